The molecular weight excluding hydrogens is 482 g/mol. The SMILES string of the molecule is CCOC(=O)CN(C)Cc1ccc(NC(=C2C(=O)Nc3cc(C(=O)OCC)ccc32)c2ccccc2)cc1. The van der Waals surface area contributed by atoms with E-state index in [1.54, 1.807) is 32.0 Å². The van der Waals surface area contributed by atoms with Crippen LogP contribution in [0.4, 0.5) is 11.4 Å². The number of carbonyl (C=O) groups is 3. The number of ether oxygens (including phenoxy) is 2. The van der Waals surface area contributed by atoms with Crippen molar-refractivity contribution in [1.82, 2.24) is 4.90 Å². The molecule has 0 spiro atoms. The molecule has 1 heterocycles. The standard InChI is InChI=1S/C30H31N3O5/c1-4-37-26(34)19-33(3)18-20-11-14-23(15-12-20)31-28(21-9-7-6-8-10-21)27-24-16-13-22(30(36)38-5-2)17-25(24)32-29(27)35/h6-17,31H,4-5,18-19H2,1-3H3,(H,32,35). The Balaban J connectivity index is 1.62. The molecule has 1 aliphatic rings. The monoisotopic (exact) mass is 513 g/mol. The van der Waals surface area contributed by atoms with Crippen LogP contribution in [0, 0.1) is 0 Å². The minimum Gasteiger partial charge on any atom is -0.465 e. The highest BCUT2D eigenvalue weighted by Crippen LogP contribution is 2.38. The minimum absolute atomic E-state index is 0.213. The molecule has 1 amide bonds. The Kier molecular flexibility index (Phi) is 8.55. The van der Waals surface area contributed by atoms with E-state index in [-0.39, 0.29) is 25.0 Å². The van der Waals surface area contributed by atoms with Crippen LogP contribution in [0.5, 0.6) is 0 Å². The van der Waals surface area contributed by atoms with Gasteiger partial charge in [-0.25, -0.2) is 4.79 Å². The maximum atomic E-state index is 13.2. The van der Waals surface area contributed by atoms with Crippen molar-refractivity contribution in [2.75, 3.05) is 37.4 Å². The normalized spacial score (nSPS) is 13.5. The number of rotatable bonds is 10. The quantitative estimate of drug-likeness (QED) is 0.297. The average Bonchev–Trinajstić information content (AvgIpc) is 3.23. The highest BCUT2D eigenvalue weighted by Gasteiger charge is 2.29. The Morgan fingerprint density at radius 1 is 0.895 bits per heavy atom. The molecule has 0 aliphatic carbocycles. The number of amides is 1. The van der Waals surface area contributed by atoms with E-state index in [1.165, 1.54) is 0 Å². The maximum absolute atomic E-state index is 13.2. The Morgan fingerprint density at radius 3 is 2.29 bits per heavy atom. The first-order valence-corrected chi connectivity index (χ1v) is 12.5. The lowest BCUT2D eigenvalue weighted by atomic mass is 9.99. The van der Waals surface area contributed by atoms with Gasteiger partial charge in [0.15, 0.2) is 0 Å². The van der Waals surface area contributed by atoms with Crippen LogP contribution in [0.1, 0.15) is 40.9 Å². The van der Waals surface area contributed by atoms with Crippen LogP contribution in [0.3, 0.4) is 0 Å². The number of esters is 2. The number of carbonyl (C=O) groups excluding carboxylic acids is 3. The van der Waals surface area contributed by atoms with Crippen molar-refractivity contribution in [2.24, 2.45) is 0 Å². The summed E-state index contributed by atoms with van der Waals surface area (Å²) in [5.74, 6) is -0.946. The molecule has 4 rings (SSSR count). The lowest BCUT2D eigenvalue weighted by Crippen LogP contribution is -2.26. The summed E-state index contributed by atoms with van der Waals surface area (Å²) in [6.45, 7) is 4.98. The molecule has 0 atom stereocenters. The average molecular weight is 514 g/mol. The Labute approximate surface area is 222 Å². The maximum Gasteiger partial charge on any atom is 0.338 e. The van der Waals surface area contributed by atoms with E-state index in [0.717, 1.165) is 16.8 Å². The van der Waals surface area contributed by atoms with E-state index in [2.05, 4.69) is 10.6 Å². The van der Waals surface area contributed by atoms with Crippen LogP contribution in [0.2, 0.25) is 0 Å². The Hall–Kier alpha value is -4.43. The zero-order valence-electron chi connectivity index (χ0n) is 21.7. The number of hydrogen-bond donors (Lipinski definition) is 2. The van der Waals surface area contributed by atoms with Crippen molar-refractivity contribution in [3.8, 4) is 0 Å². The summed E-state index contributed by atoms with van der Waals surface area (Å²) in [7, 11) is 1.87. The van der Waals surface area contributed by atoms with Gasteiger partial charge in [0.1, 0.15) is 0 Å². The third-order valence-electron chi connectivity index (χ3n) is 5.97. The molecule has 196 valence electrons. The minimum atomic E-state index is -0.434. The Morgan fingerprint density at radius 2 is 1.61 bits per heavy atom. The van der Waals surface area contributed by atoms with E-state index in [4.69, 9.17) is 9.47 Å². The molecule has 0 unspecified atom stereocenters. The van der Waals surface area contributed by atoms with Crippen LogP contribution in [0.25, 0.3) is 11.3 Å². The summed E-state index contributed by atoms with van der Waals surface area (Å²) < 4.78 is 10.1. The van der Waals surface area contributed by atoms with Gasteiger partial charge >= 0.3 is 11.9 Å². The zero-order valence-corrected chi connectivity index (χ0v) is 21.7. The van der Waals surface area contributed by atoms with Gasteiger partial charge in [0, 0.05) is 17.8 Å². The number of hydrogen-bond acceptors (Lipinski definition) is 7. The van der Waals surface area contributed by atoms with Crippen LogP contribution >= 0.6 is 0 Å². The third kappa shape index (κ3) is 6.27. The molecule has 0 radical (unpaired) electrons. The first kappa shape index (κ1) is 26.6. The molecule has 3 aromatic carbocycles. The lowest BCUT2D eigenvalue weighted by Gasteiger charge is -2.17. The third-order valence-corrected chi connectivity index (χ3v) is 5.97. The van der Waals surface area contributed by atoms with Crippen molar-refractivity contribution >= 4 is 40.5 Å². The second-order valence-corrected chi connectivity index (χ2v) is 8.85. The van der Waals surface area contributed by atoms with E-state index in [0.29, 0.717) is 41.2 Å². The number of likely N-dealkylation sites (N-methyl/N-ethyl adjacent to an activating group) is 1. The smallest absolute Gasteiger partial charge is 0.338 e. The summed E-state index contributed by atoms with van der Waals surface area (Å²) in [6.07, 6.45) is 0. The Bertz CT molecular complexity index is 1350. The van der Waals surface area contributed by atoms with Crippen molar-refractivity contribution in [2.45, 2.75) is 20.4 Å². The predicted molar refractivity (Wildman–Crippen MR) is 147 cm³/mol. The highest BCUT2D eigenvalue weighted by molar-refractivity contribution is 6.37. The molecule has 0 fully saturated rings. The van der Waals surface area contributed by atoms with Gasteiger partial charge in [0.05, 0.1) is 42.3 Å². The first-order valence-electron chi connectivity index (χ1n) is 12.5. The number of nitrogens with zero attached hydrogens (tertiary/aromatic N) is 1. The summed E-state index contributed by atoms with van der Waals surface area (Å²) >= 11 is 0. The van der Waals surface area contributed by atoms with Gasteiger partial charge in [0.2, 0.25) is 0 Å². The second-order valence-electron chi connectivity index (χ2n) is 8.85. The fourth-order valence-corrected chi connectivity index (χ4v) is 4.28. The summed E-state index contributed by atoms with van der Waals surface area (Å²) in [5.41, 5.74) is 5.46. The number of fused-ring (bicyclic) bond motifs is 1. The van der Waals surface area contributed by atoms with Crippen molar-refractivity contribution < 1.29 is 23.9 Å². The van der Waals surface area contributed by atoms with Gasteiger partial charge in [-0.05, 0) is 56.3 Å². The van der Waals surface area contributed by atoms with Gasteiger partial charge in [-0.15, -0.1) is 0 Å². The summed E-state index contributed by atoms with van der Waals surface area (Å²) in [6, 6.07) is 22.5. The molecule has 0 aromatic heterocycles. The van der Waals surface area contributed by atoms with Crippen LogP contribution < -0.4 is 10.6 Å². The largest absolute Gasteiger partial charge is 0.465 e. The van der Waals surface area contributed by atoms with Gasteiger partial charge in [0.25, 0.3) is 5.91 Å². The van der Waals surface area contributed by atoms with Crippen LogP contribution in [-0.4, -0.2) is 49.6 Å². The van der Waals surface area contributed by atoms with Gasteiger partial charge in [-0.1, -0.05) is 48.5 Å². The lowest BCUT2D eigenvalue weighted by molar-refractivity contribution is -0.144. The van der Waals surface area contributed by atoms with E-state index in [1.807, 2.05) is 66.5 Å². The number of benzene rings is 3. The topological polar surface area (TPSA) is 97.0 Å². The van der Waals surface area contributed by atoms with Gasteiger partial charge in [-0.3, -0.25) is 14.5 Å². The zero-order chi connectivity index (χ0) is 27.1. The first-order chi connectivity index (χ1) is 18.4. The van der Waals surface area contributed by atoms with Crippen molar-refractivity contribution in [3.63, 3.8) is 0 Å². The molecule has 0 bridgehead atoms. The summed E-state index contributed by atoms with van der Waals surface area (Å²) in [5, 5.41) is 6.32. The molecule has 0 saturated carbocycles. The molecular formula is C30H31N3O5. The molecule has 0 saturated heterocycles. The highest BCUT2D eigenvalue weighted by atomic mass is 16.5. The molecule has 8 nitrogen and oxygen atoms in total. The molecule has 38 heavy (non-hydrogen) atoms. The molecule has 8 heteroatoms. The van der Waals surface area contributed by atoms with Gasteiger partial charge < -0.3 is 20.1 Å². The van der Waals surface area contributed by atoms with Gasteiger partial charge in [-0.2, -0.15) is 0 Å². The molecule has 2 N–H and O–H groups in total. The van der Waals surface area contributed by atoms with Crippen LogP contribution in [0.15, 0.2) is 72.8 Å². The van der Waals surface area contributed by atoms with Crippen LogP contribution in [-0.2, 0) is 25.6 Å². The molecule has 1 aliphatic heterocycles. The fraction of sp³-hybridized carbons (Fsp3) is 0.233. The predicted octanol–water partition coefficient (Wildman–Crippen LogP) is 4.79. The fourth-order valence-electron chi connectivity index (χ4n) is 4.28. The molecule has 3 aromatic rings. The summed E-state index contributed by atoms with van der Waals surface area (Å²) in [4.78, 5) is 39.0. The number of nitrogens with one attached hydrogen (secondary N) is 2. The number of anilines is 2. The van der Waals surface area contributed by atoms with E-state index >= 15 is 0 Å². The van der Waals surface area contributed by atoms with Crippen molar-refractivity contribution in [3.05, 3.63) is 95.1 Å². The van der Waals surface area contributed by atoms with Crippen molar-refractivity contribution in [1.29, 1.82) is 0 Å². The van der Waals surface area contributed by atoms with E-state index in [9.17, 15) is 14.4 Å². The van der Waals surface area contributed by atoms with E-state index < -0.39 is 5.97 Å². The second kappa shape index (κ2) is 12.2.